The Labute approximate surface area is 399 Å². The van der Waals surface area contributed by atoms with Gasteiger partial charge in [-0.25, -0.2) is 4.98 Å². The summed E-state index contributed by atoms with van der Waals surface area (Å²) in [5.41, 5.74) is 9.59. The van der Waals surface area contributed by atoms with Gasteiger partial charge >= 0.3 is 0 Å². The molecule has 11 aromatic carbocycles. The largest absolute Gasteiger partial charge is 0.307 e. The molecule has 15 aromatic rings. The molecule has 0 aliphatic carbocycles. The summed E-state index contributed by atoms with van der Waals surface area (Å²) in [7, 11) is 0. The summed E-state index contributed by atoms with van der Waals surface area (Å²) < 4.78 is 7.21. The molecule has 15 rings (SSSR count). The van der Waals surface area contributed by atoms with Crippen molar-refractivity contribution >= 4 is 107 Å². The van der Waals surface area contributed by atoms with Crippen molar-refractivity contribution in [1.29, 1.82) is 0 Å². The van der Waals surface area contributed by atoms with Gasteiger partial charge in [0.15, 0.2) is 11.6 Å². The van der Waals surface area contributed by atoms with Gasteiger partial charge in [-0.2, -0.15) is 9.97 Å². The van der Waals surface area contributed by atoms with E-state index in [1.165, 1.54) is 63.4 Å². The van der Waals surface area contributed by atoms with Crippen molar-refractivity contribution in [3.8, 4) is 45.5 Å². The summed E-state index contributed by atoms with van der Waals surface area (Å²) >= 11 is 1.81. The first kappa shape index (κ1) is 38.2. The molecule has 6 heteroatoms. The van der Waals surface area contributed by atoms with Crippen LogP contribution in [0.25, 0.3) is 142 Å². The number of aromatic nitrogens is 5. The molecule has 0 spiro atoms. The lowest BCUT2D eigenvalue weighted by atomic mass is 9.92. The van der Waals surface area contributed by atoms with Crippen LogP contribution in [0.1, 0.15) is 0 Å². The van der Waals surface area contributed by atoms with Crippen molar-refractivity contribution in [2.24, 2.45) is 0 Å². The summed E-state index contributed by atoms with van der Waals surface area (Å²) in [5, 5.41) is 14.7. The Morgan fingerprint density at radius 2 is 0.739 bits per heavy atom. The van der Waals surface area contributed by atoms with Crippen molar-refractivity contribution in [3.63, 3.8) is 0 Å². The van der Waals surface area contributed by atoms with E-state index >= 15 is 0 Å². The highest BCUT2D eigenvalue weighted by molar-refractivity contribution is 7.25. The molecule has 0 amide bonds. The third-order valence-electron chi connectivity index (χ3n) is 14.2. The number of nitrogens with zero attached hydrogens (tertiary/aromatic N) is 5. The summed E-state index contributed by atoms with van der Waals surface area (Å²) in [6.07, 6.45) is 0. The normalized spacial score (nSPS) is 12.1. The average Bonchev–Trinajstić information content (AvgIpc) is 4.09. The van der Waals surface area contributed by atoms with Gasteiger partial charge in [-0.05, 0) is 98.0 Å². The molecule has 0 atom stereocenters. The van der Waals surface area contributed by atoms with Crippen LogP contribution in [0.4, 0.5) is 0 Å². The Morgan fingerprint density at radius 1 is 0.275 bits per heavy atom. The first-order chi connectivity index (χ1) is 34.2. The van der Waals surface area contributed by atoms with Gasteiger partial charge in [0.05, 0.1) is 22.1 Å². The number of rotatable bonds is 5. The fourth-order valence-corrected chi connectivity index (χ4v) is 12.1. The van der Waals surface area contributed by atoms with Gasteiger partial charge in [-0.15, -0.1) is 11.3 Å². The Morgan fingerprint density at radius 3 is 1.42 bits per heavy atom. The lowest BCUT2D eigenvalue weighted by molar-refractivity contribution is 0.953. The monoisotopic (exact) mass is 895 g/mol. The first-order valence-corrected chi connectivity index (χ1v) is 24.2. The topological polar surface area (TPSA) is 48.5 Å². The van der Waals surface area contributed by atoms with E-state index in [1.54, 1.807) is 0 Å². The van der Waals surface area contributed by atoms with Gasteiger partial charge in [0.25, 0.3) is 0 Å². The predicted octanol–water partition coefficient (Wildman–Crippen LogP) is 16.9. The predicted molar refractivity (Wildman–Crippen MR) is 290 cm³/mol. The highest BCUT2D eigenvalue weighted by atomic mass is 32.1. The van der Waals surface area contributed by atoms with Crippen LogP contribution in [0.2, 0.25) is 0 Å². The van der Waals surface area contributed by atoms with Crippen molar-refractivity contribution in [2.75, 3.05) is 0 Å². The van der Waals surface area contributed by atoms with Crippen LogP contribution in [0.5, 0.6) is 0 Å². The highest BCUT2D eigenvalue weighted by Gasteiger charge is 2.24. The summed E-state index contributed by atoms with van der Waals surface area (Å²) in [6.45, 7) is 0. The summed E-state index contributed by atoms with van der Waals surface area (Å²) in [5.74, 6) is 1.81. The lowest BCUT2D eigenvalue weighted by Crippen LogP contribution is -2.07. The molecule has 0 bridgehead atoms. The molecule has 0 saturated carbocycles. The van der Waals surface area contributed by atoms with E-state index in [-0.39, 0.29) is 0 Å². The van der Waals surface area contributed by atoms with Gasteiger partial charge in [-0.1, -0.05) is 170 Å². The van der Waals surface area contributed by atoms with E-state index in [0.29, 0.717) is 17.6 Å². The molecular formula is C63H37N5S. The van der Waals surface area contributed by atoms with Crippen LogP contribution in [0.15, 0.2) is 224 Å². The summed E-state index contributed by atoms with van der Waals surface area (Å²) in [4.78, 5) is 16.0. The van der Waals surface area contributed by atoms with E-state index in [0.717, 1.165) is 60.6 Å². The minimum absolute atomic E-state index is 0.566. The van der Waals surface area contributed by atoms with E-state index in [2.05, 4.69) is 215 Å². The minimum atomic E-state index is 0.566. The number of hydrogen-bond acceptors (Lipinski definition) is 4. The fourth-order valence-electron chi connectivity index (χ4n) is 11.0. The fraction of sp³-hybridized carbons (Fsp3) is 0. The maximum Gasteiger partial charge on any atom is 0.238 e. The Balaban J connectivity index is 0.964. The van der Waals surface area contributed by atoms with Crippen LogP contribution < -0.4 is 0 Å². The Bertz CT molecular complexity index is 4560. The number of fused-ring (bicyclic) bond motifs is 16. The van der Waals surface area contributed by atoms with Crippen LogP contribution in [-0.4, -0.2) is 24.1 Å². The van der Waals surface area contributed by atoms with Crippen molar-refractivity contribution in [3.05, 3.63) is 224 Å². The van der Waals surface area contributed by atoms with Crippen LogP contribution in [-0.2, 0) is 0 Å². The van der Waals surface area contributed by atoms with E-state index < -0.39 is 0 Å². The standard InChI is InChI=1S/C63H37N5S/c1-2-14-39(15-3-1)61-64-62(41-29-35-58-54(37-41)50-22-10-13-25-57(50)69-58)66-63(65-61)68-56-24-12-9-21-49(56)52-34-33-51-48-20-8-11-23-55(48)67(59(51)60(52)68)42-30-26-38(27-31-42)40-28-32-47-45-18-5-4-16-43(45)44-17-6-7-19-46(44)53(47)36-40/h1-37H. The van der Waals surface area contributed by atoms with Crippen molar-refractivity contribution in [1.82, 2.24) is 24.1 Å². The van der Waals surface area contributed by atoms with E-state index in [4.69, 9.17) is 15.0 Å². The van der Waals surface area contributed by atoms with Gasteiger partial charge in [0, 0.05) is 58.5 Å². The molecular weight excluding hydrogens is 859 g/mol. The van der Waals surface area contributed by atoms with Gasteiger partial charge in [0.2, 0.25) is 5.95 Å². The molecule has 5 nitrogen and oxygen atoms in total. The summed E-state index contributed by atoms with van der Waals surface area (Å²) in [6, 6.07) is 81.0. The average molecular weight is 896 g/mol. The SMILES string of the molecule is c1ccc(-c2nc(-c3ccc4sc5ccccc5c4c3)nc(-n3c4ccccc4c4ccc5c6ccccc6n(-c6ccc(-c7ccc8c9ccccc9c9ccccc9c8c7)cc6)c5c43)n2)cc1. The maximum absolute atomic E-state index is 5.44. The molecule has 0 unspecified atom stereocenters. The third kappa shape index (κ3) is 5.73. The number of benzene rings is 11. The second-order valence-electron chi connectivity index (χ2n) is 17.9. The molecule has 0 aliphatic rings. The zero-order valence-corrected chi connectivity index (χ0v) is 37.8. The van der Waals surface area contributed by atoms with Crippen LogP contribution in [0, 0.1) is 0 Å². The zero-order valence-electron chi connectivity index (χ0n) is 37.0. The molecule has 320 valence electrons. The second kappa shape index (κ2) is 14.8. The van der Waals surface area contributed by atoms with E-state index in [1.807, 2.05) is 29.5 Å². The molecule has 0 aliphatic heterocycles. The van der Waals surface area contributed by atoms with Gasteiger partial charge in [0.1, 0.15) is 0 Å². The smallest absolute Gasteiger partial charge is 0.238 e. The third-order valence-corrected chi connectivity index (χ3v) is 15.3. The zero-order chi connectivity index (χ0) is 45.2. The van der Waals surface area contributed by atoms with Crippen molar-refractivity contribution in [2.45, 2.75) is 0 Å². The van der Waals surface area contributed by atoms with Gasteiger partial charge < -0.3 is 4.57 Å². The molecule has 4 aromatic heterocycles. The molecule has 0 saturated heterocycles. The quantitative estimate of drug-likeness (QED) is 0.162. The van der Waals surface area contributed by atoms with Gasteiger partial charge in [-0.3, -0.25) is 4.57 Å². The van der Waals surface area contributed by atoms with Crippen LogP contribution in [0.3, 0.4) is 0 Å². The molecule has 0 fully saturated rings. The number of hydrogen-bond donors (Lipinski definition) is 0. The molecule has 69 heavy (non-hydrogen) atoms. The van der Waals surface area contributed by atoms with Crippen LogP contribution >= 0.6 is 11.3 Å². The first-order valence-electron chi connectivity index (χ1n) is 23.3. The van der Waals surface area contributed by atoms with Crippen molar-refractivity contribution < 1.29 is 0 Å². The number of para-hydroxylation sites is 2. The maximum atomic E-state index is 5.44. The minimum Gasteiger partial charge on any atom is -0.307 e. The number of thiophene rings is 1. The van der Waals surface area contributed by atoms with E-state index in [9.17, 15) is 0 Å². The molecule has 4 heterocycles. The second-order valence-corrected chi connectivity index (χ2v) is 19.0. The Kier molecular flexibility index (Phi) is 8.17. The Hall–Kier alpha value is -8.97. The molecule has 0 N–H and O–H groups in total. The lowest BCUT2D eigenvalue weighted by Gasteiger charge is -2.14. The molecule has 0 radical (unpaired) electrons. The highest BCUT2D eigenvalue weighted by Crippen LogP contribution is 2.43.